The van der Waals surface area contributed by atoms with E-state index in [9.17, 15) is 0 Å². The quantitative estimate of drug-likeness (QED) is 0.738. The summed E-state index contributed by atoms with van der Waals surface area (Å²) in [6.45, 7) is 4.27. The number of likely N-dealkylation sites (N-methyl/N-ethyl adjacent to an activating group) is 1. The molecule has 0 saturated carbocycles. The third-order valence-electron chi connectivity index (χ3n) is 2.34. The van der Waals surface area contributed by atoms with Crippen LogP contribution in [0.4, 0.5) is 0 Å². The lowest BCUT2D eigenvalue weighted by atomic mass is 9.99. The highest BCUT2D eigenvalue weighted by Gasteiger charge is 2.09. The average molecular weight is 179 g/mol. The Hall–Kier alpha value is -0.860. The number of hydrogen-bond donors (Lipinski definition) is 2. The minimum absolute atomic E-state index is 0.0555. The van der Waals surface area contributed by atoms with E-state index in [1.54, 1.807) is 0 Å². The van der Waals surface area contributed by atoms with Crippen molar-refractivity contribution < 1.29 is 5.11 Å². The largest absolute Gasteiger partial charge is 0.394 e. The molecule has 1 rings (SSSR count). The molecule has 2 N–H and O–H groups in total. The molecule has 0 heterocycles. The molecule has 2 nitrogen and oxygen atoms in total. The van der Waals surface area contributed by atoms with Crippen molar-refractivity contribution in [3.05, 3.63) is 34.9 Å². The second-order valence-corrected chi connectivity index (χ2v) is 3.38. The molecule has 0 aliphatic heterocycles. The van der Waals surface area contributed by atoms with Crippen LogP contribution in [0, 0.1) is 13.8 Å². The highest BCUT2D eigenvalue weighted by Crippen LogP contribution is 2.18. The molecule has 0 aliphatic carbocycles. The number of benzene rings is 1. The van der Waals surface area contributed by atoms with Crippen LogP contribution in [-0.2, 0) is 0 Å². The predicted octanol–water partition coefficient (Wildman–Crippen LogP) is 1.56. The van der Waals surface area contributed by atoms with Gasteiger partial charge in [-0.3, -0.25) is 0 Å². The minimum atomic E-state index is 0.0555. The first-order chi connectivity index (χ1) is 6.19. The van der Waals surface area contributed by atoms with Crippen molar-refractivity contribution in [1.29, 1.82) is 0 Å². The summed E-state index contributed by atoms with van der Waals surface area (Å²) in [7, 11) is 1.86. The van der Waals surface area contributed by atoms with E-state index in [2.05, 4.69) is 37.4 Å². The van der Waals surface area contributed by atoms with E-state index in [4.69, 9.17) is 5.11 Å². The maximum atomic E-state index is 9.13. The third kappa shape index (κ3) is 2.29. The van der Waals surface area contributed by atoms with Crippen molar-refractivity contribution in [3.8, 4) is 0 Å². The molecular weight excluding hydrogens is 162 g/mol. The summed E-state index contributed by atoms with van der Waals surface area (Å²) in [4.78, 5) is 0. The third-order valence-corrected chi connectivity index (χ3v) is 2.34. The predicted molar refractivity (Wildman–Crippen MR) is 54.8 cm³/mol. The van der Waals surface area contributed by atoms with Gasteiger partial charge < -0.3 is 10.4 Å². The lowest BCUT2D eigenvalue weighted by Crippen LogP contribution is -2.20. The van der Waals surface area contributed by atoms with E-state index < -0.39 is 0 Å². The van der Waals surface area contributed by atoms with Gasteiger partial charge in [0, 0.05) is 0 Å². The van der Waals surface area contributed by atoms with E-state index in [1.807, 2.05) is 7.05 Å². The zero-order chi connectivity index (χ0) is 9.84. The second kappa shape index (κ2) is 4.40. The van der Waals surface area contributed by atoms with Gasteiger partial charge in [-0.05, 0) is 32.0 Å². The Balaban J connectivity index is 3.03. The summed E-state index contributed by atoms with van der Waals surface area (Å²) in [5.74, 6) is 0. The molecule has 13 heavy (non-hydrogen) atoms. The van der Waals surface area contributed by atoms with Gasteiger partial charge in [-0.1, -0.05) is 23.8 Å². The monoisotopic (exact) mass is 179 g/mol. The normalized spacial score (nSPS) is 12.9. The summed E-state index contributed by atoms with van der Waals surface area (Å²) >= 11 is 0. The van der Waals surface area contributed by atoms with Crippen molar-refractivity contribution in [3.63, 3.8) is 0 Å². The van der Waals surface area contributed by atoms with Crippen LogP contribution in [0.5, 0.6) is 0 Å². The summed E-state index contributed by atoms with van der Waals surface area (Å²) in [6, 6.07) is 6.35. The number of hydrogen-bond acceptors (Lipinski definition) is 2. The van der Waals surface area contributed by atoms with E-state index in [1.165, 1.54) is 16.7 Å². The van der Waals surface area contributed by atoms with Crippen molar-refractivity contribution in [1.82, 2.24) is 5.32 Å². The number of rotatable bonds is 3. The summed E-state index contributed by atoms with van der Waals surface area (Å²) in [5, 5.41) is 12.2. The molecule has 0 aromatic heterocycles. The van der Waals surface area contributed by atoms with Gasteiger partial charge in [-0.25, -0.2) is 0 Å². The molecule has 1 aromatic rings. The van der Waals surface area contributed by atoms with Gasteiger partial charge in [0.2, 0.25) is 0 Å². The molecule has 0 bridgehead atoms. The molecular formula is C11H17NO. The van der Waals surface area contributed by atoms with Crippen LogP contribution >= 0.6 is 0 Å². The Morgan fingerprint density at radius 2 is 2.08 bits per heavy atom. The fraction of sp³-hybridized carbons (Fsp3) is 0.455. The summed E-state index contributed by atoms with van der Waals surface area (Å²) < 4.78 is 0. The summed E-state index contributed by atoms with van der Waals surface area (Å²) in [6.07, 6.45) is 0. The molecule has 2 heteroatoms. The maximum absolute atomic E-state index is 9.13. The van der Waals surface area contributed by atoms with Crippen LogP contribution in [0.15, 0.2) is 18.2 Å². The lowest BCUT2D eigenvalue weighted by molar-refractivity contribution is 0.250. The van der Waals surface area contributed by atoms with Crippen LogP contribution in [0.2, 0.25) is 0 Å². The van der Waals surface area contributed by atoms with Gasteiger partial charge in [0.15, 0.2) is 0 Å². The van der Waals surface area contributed by atoms with E-state index in [0.29, 0.717) is 0 Å². The maximum Gasteiger partial charge on any atom is 0.0626 e. The van der Waals surface area contributed by atoms with E-state index >= 15 is 0 Å². The highest BCUT2D eigenvalue weighted by molar-refractivity contribution is 5.32. The van der Waals surface area contributed by atoms with E-state index in [0.717, 1.165) is 0 Å². The second-order valence-electron chi connectivity index (χ2n) is 3.38. The molecule has 0 amide bonds. The number of aryl methyl sites for hydroxylation is 2. The Labute approximate surface area is 79.6 Å². The van der Waals surface area contributed by atoms with Gasteiger partial charge in [0.1, 0.15) is 0 Å². The molecule has 0 radical (unpaired) electrons. The van der Waals surface area contributed by atoms with Crippen molar-refractivity contribution >= 4 is 0 Å². The Bertz CT molecular complexity index is 279. The number of aliphatic hydroxyl groups excluding tert-OH is 1. The standard InChI is InChI=1S/C11H17NO/c1-8-4-5-9(2)10(6-8)11(7-13)12-3/h4-6,11-13H,7H2,1-3H3/t11-/m1/s1. The highest BCUT2D eigenvalue weighted by atomic mass is 16.3. The van der Waals surface area contributed by atoms with E-state index in [-0.39, 0.29) is 12.6 Å². The molecule has 0 aliphatic rings. The van der Waals surface area contributed by atoms with Crippen molar-refractivity contribution in [2.24, 2.45) is 0 Å². The molecule has 0 unspecified atom stereocenters. The van der Waals surface area contributed by atoms with Gasteiger partial charge in [0.05, 0.1) is 12.6 Å². The van der Waals surface area contributed by atoms with Gasteiger partial charge in [-0.15, -0.1) is 0 Å². The zero-order valence-electron chi connectivity index (χ0n) is 8.46. The van der Waals surface area contributed by atoms with Crippen LogP contribution in [0.1, 0.15) is 22.7 Å². The Kier molecular flexibility index (Phi) is 3.46. The molecule has 0 spiro atoms. The first-order valence-electron chi connectivity index (χ1n) is 4.54. The van der Waals surface area contributed by atoms with Crippen molar-refractivity contribution in [2.75, 3.05) is 13.7 Å². The summed E-state index contributed by atoms with van der Waals surface area (Å²) in [5.41, 5.74) is 3.64. The molecule has 0 fully saturated rings. The number of nitrogens with one attached hydrogen (secondary N) is 1. The zero-order valence-corrected chi connectivity index (χ0v) is 8.46. The first-order valence-corrected chi connectivity index (χ1v) is 4.54. The SMILES string of the molecule is CN[C@H](CO)c1cc(C)ccc1C. The fourth-order valence-corrected chi connectivity index (χ4v) is 1.48. The van der Waals surface area contributed by atoms with Crippen LogP contribution in [-0.4, -0.2) is 18.8 Å². The van der Waals surface area contributed by atoms with Gasteiger partial charge in [-0.2, -0.15) is 0 Å². The number of aliphatic hydroxyl groups is 1. The molecule has 1 aromatic carbocycles. The first kappa shape index (κ1) is 10.2. The van der Waals surface area contributed by atoms with Crippen molar-refractivity contribution in [2.45, 2.75) is 19.9 Å². The average Bonchev–Trinajstić information content (AvgIpc) is 2.13. The molecule has 1 atom stereocenters. The minimum Gasteiger partial charge on any atom is -0.394 e. The van der Waals surface area contributed by atoms with Crippen LogP contribution in [0.25, 0.3) is 0 Å². The van der Waals surface area contributed by atoms with Crippen LogP contribution in [0.3, 0.4) is 0 Å². The van der Waals surface area contributed by atoms with Gasteiger partial charge in [0.25, 0.3) is 0 Å². The lowest BCUT2D eigenvalue weighted by Gasteiger charge is -2.16. The van der Waals surface area contributed by atoms with Crippen LogP contribution < -0.4 is 5.32 Å². The van der Waals surface area contributed by atoms with Gasteiger partial charge >= 0.3 is 0 Å². The Morgan fingerprint density at radius 3 is 2.62 bits per heavy atom. The topological polar surface area (TPSA) is 32.3 Å². The Morgan fingerprint density at radius 1 is 1.38 bits per heavy atom. The fourth-order valence-electron chi connectivity index (χ4n) is 1.48. The molecule has 0 saturated heterocycles. The smallest absolute Gasteiger partial charge is 0.0626 e. The molecule has 72 valence electrons.